The third-order valence-electron chi connectivity index (χ3n) is 3.56. The van der Waals surface area contributed by atoms with Gasteiger partial charge in [-0.15, -0.1) is 11.3 Å². The Bertz CT molecular complexity index is 575. The zero-order chi connectivity index (χ0) is 13.1. The summed E-state index contributed by atoms with van der Waals surface area (Å²) in [5, 5.41) is 6.28. The summed E-state index contributed by atoms with van der Waals surface area (Å²) >= 11 is 1.61. The van der Waals surface area contributed by atoms with E-state index < -0.39 is 0 Å². The Kier molecular flexibility index (Phi) is 3.75. The van der Waals surface area contributed by atoms with Crippen molar-refractivity contribution in [3.63, 3.8) is 0 Å². The van der Waals surface area contributed by atoms with Gasteiger partial charge in [0.25, 0.3) is 0 Å². The minimum atomic E-state index is 0.0986. The number of carbonyl (C=O) groups is 1. The standard InChI is InChI=1S/C14H17N3OS/c18-14(4-1-10-5-6-15-8-10)17-11-2-3-13-12(7-11)16-9-19-13/h2-3,7,9-10,15H,1,4-6,8H2,(H,17,18). The Morgan fingerprint density at radius 1 is 1.53 bits per heavy atom. The number of amides is 1. The Morgan fingerprint density at radius 3 is 3.32 bits per heavy atom. The molecule has 1 aromatic heterocycles. The number of thiazole rings is 1. The fraction of sp³-hybridized carbons (Fsp3) is 0.429. The first-order chi connectivity index (χ1) is 9.31. The zero-order valence-corrected chi connectivity index (χ0v) is 11.5. The van der Waals surface area contributed by atoms with Crippen LogP contribution in [0.2, 0.25) is 0 Å². The highest BCUT2D eigenvalue weighted by atomic mass is 32.1. The number of anilines is 1. The minimum absolute atomic E-state index is 0.0986. The van der Waals surface area contributed by atoms with Crippen molar-refractivity contribution in [2.45, 2.75) is 19.3 Å². The highest BCUT2D eigenvalue weighted by molar-refractivity contribution is 7.16. The molecule has 2 N–H and O–H groups in total. The number of carbonyl (C=O) groups excluding carboxylic acids is 1. The van der Waals surface area contributed by atoms with Crippen LogP contribution in [-0.4, -0.2) is 24.0 Å². The average molecular weight is 275 g/mol. The highest BCUT2D eigenvalue weighted by Gasteiger charge is 2.15. The molecule has 0 bridgehead atoms. The largest absolute Gasteiger partial charge is 0.326 e. The molecule has 1 fully saturated rings. The predicted octanol–water partition coefficient (Wildman–Crippen LogP) is 2.62. The number of fused-ring (bicyclic) bond motifs is 1. The van der Waals surface area contributed by atoms with Crippen LogP contribution in [-0.2, 0) is 4.79 Å². The number of nitrogens with one attached hydrogen (secondary N) is 2. The maximum absolute atomic E-state index is 11.9. The minimum Gasteiger partial charge on any atom is -0.326 e. The number of nitrogens with zero attached hydrogens (tertiary/aromatic N) is 1. The normalized spacial score (nSPS) is 18.8. The van der Waals surface area contributed by atoms with Gasteiger partial charge in [-0.3, -0.25) is 4.79 Å². The van der Waals surface area contributed by atoms with Gasteiger partial charge in [0.1, 0.15) is 0 Å². The van der Waals surface area contributed by atoms with Crippen molar-refractivity contribution >= 4 is 33.1 Å². The number of aromatic nitrogens is 1. The van der Waals surface area contributed by atoms with Crippen LogP contribution in [0.4, 0.5) is 5.69 Å². The molecule has 3 rings (SSSR count). The lowest BCUT2D eigenvalue weighted by atomic mass is 10.0. The molecule has 4 nitrogen and oxygen atoms in total. The van der Waals surface area contributed by atoms with Crippen LogP contribution >= 0.6 is 11.3 Å². The van der Waals surface area contributed by atoms with E-state index in [9.17, 15) is 4.79 Å². The molecule has 1 amide bonds. The summed E-state index contributed by atoms with van der Waals surface area (Å²) in [6, 6.07) is 5.87. The van der Waals surface area contributed by atoms with Crippen LogP contribution in [0, 0.1) is 5.92 Å². The summed E-state index contributed by atoms with van der Waals surface area (Å²) < 4.78 is 1.15. The van der Waals surface area contributed by atoms with Crippen LogP contribution in [0.5, 0.6) is 0 Å². The smallest absolute Gasteiger partial charge is 0.224 e. The van der Waals surface area contributed by atoms with Crippen molar-refractivity contribution in [1.82, 2.24) is 10.3 Å². The van der Waals surface area contributed by atoms with Gasteiger partial charge < -0.3 is 10.6 Å². The second-order valence-corrected chi connectivity index (χ2v) is 5.87. The van der Waals surface area contributed by atoms with Gasteiger partial charge in [-0.25, -0.2) is 4.98 Å². The molecule has 5 heteroatoms. The summed E-state index contributed by atoms with van der Waals surface area (Å²) in [5.41, 5.74) is 3.61. The molecule has 1 aromatic carbocycles. The van der Waals surface area contributed by atoms with E-state index in [4.69, 9.17) is 0 Å². The lowest BCUT2D eigenvalue weighted by molar-refractivity contribution is -0.116. The van der Waals surface area contributed by atoms with E-state index in [-0.39, 0.29) is 5.91 Å². The van der Waals surface area contributed by atoms with Crippen molar-refractivity contribution in [2.24, 2.45) is 5.92 Å². The number of hydrogen-bond acceptors (Lipinski definition) is 4. The molecule has 1 aliphatic heterocycles. The lowest BCUT2D eigenvalue weighted by Crippen LogP contribution is -2.14. The summed E-state index contributed by atoms with van der Waals surface area (Å²) in [4.78, 5) is 16.1. The van der Waals surface area contributed by atoms with Crippen molar-refractivity contribution in [3.8, 4) is 0 Å². The summed E-state index contributed by atoms with van der Waals surface area (Å²) in [5.74, 6) is 0.758. The molecular formula is C14H17N3OS. The van der Waals surface area contributed by atoms with Gasteiger partial charge in [0.15, 0.2) is 0 Å². The second kappa shape index (κ2) is 5.67. The zero-order valence-electron chi connectivity index (χ0n) is 10.7. The molecule has 0 aliphatic carbocycles. The van der Waals surface area contributed by atoms with Crippen LogP contribution in [0.3, 0.4) is 0 Å². The number of hydrogen-bond donors (Lipinski definition) is 2. The summed E-state index contributed by atoms with van der Waals surface area (Å²) in [7, 11) is 0. The van der Waals surface area contributed by atoms with Crippen molar-refractivity contribution in [3.05, 3.63) is 23.7 Å². The van der Waals surface area contributed by atoms with Gasteiger partial charge in [-0.2, -0.15) is 0 Å². The lowest BCUT2D eigenvalue weighted by Gasteiger charge is -2.08. The topological polar surface area (TPSA) is 54.0 Å². The van der Waals surface area contributed by atoms with Gasteiger partial charge in [-0.1, -0.05) is 0 Å². The van der Waals surface area contributed by atoms with E-state index in [1.807, 2.05) is 23.7 Å². The Balaban J connectivity index is 1.55. The van der Waals surface area contributed by atoms with Gasteiger partial charge in [0, 0.05) is 12.1 Å². The molecule has 1 aliphatic rings. The van der Waals surface area contributed by atoms with Crippen LogP contribution in [0.1, 0.15) is 19.3 Å². The fourth-order valence-electron chi connectivity index (χ4n) is 2.46. The molecule has 2 heterocycles. The van der Waals surface area contributed by atoms with E-state index in [1.165, 1.54) is 6.42 Å². The van der Waals surface area contributed by atoms with E-state index in [0.717, 1.165) is 35.4 Å². The first-order valence-corrected chi connectivity index (χ1v) is 7.53. The Morgan fingerprint density at radius 2 is 2.47 bits per heavy atom. The van der Waals surface area contributed by atoms with Gasteiger partial charge in [0.2, 0.25) is 5.91 Å². The van der Waals surface area contributed by atoms with Crippen molar-refractivity contribution in [1.29, 1.82) is 0 Å². The summed E-state index contributed by atoms with van der Waals surface area (Å²) in [6.45, 7) is 2.14. The molecule has 0 saturated carbocycles. The molecular weight excluding hydrogens is 258 g/mol. The Labute approximate surface area is 116 Å². The predicted molar refractivity (Wildman–Crippen MR) is 78.5 cm³/mol. The molecule has 0 radical (unpaired) electrons. The highest BCUT2D eigenvalue weighted by Crippen LogP contribution is 2.22. The maximum atomic E-state index is 11.9. The monoisotopic (exact) mass is 275 g/mol. The Hall–Kier alpha value is -1.46. The van der Waals surface area contributed by atoms with Gasteiger partial charge in [0.05, 0.1) is 15.7 Å². The molecule has 1 saturated heterocycles. The third-order valence-corrected chi connectivity index (χ3v) is 4.37. The number of rotatable bonds is 4. The molecule has 100 valence electrons. The quantitative estimate of drug-likeness (QED) is 0.902. The second-order valence-electron chi connectivity index (χ2n) is 4.98. The first kappa shape index (κ1) is 12.6. The third kappa shape index (κ3) is 3.11. The van der Waals surface area contributed by atoms with Gasteiger partial charge >= 0.3 is 0 Å². The fourth-order valence-corrected chi connectivity index (χ4v) is 3.11. The van der Waals surface area contributed by atoms with Crippen LogP contribution < -0.4 is 10.6 Å². The van der Waals surface area contributed by atoms with Crippen LogP contribution in [0.15, 0.2) is 23.7 Å². The SMILES string of the molecule is O=C(CCC1CCNC1)Nc1ccc2scnc2c1. The molecule has 2 aromatic rings. The van der Waals surface area contributed by atoms with Crippen molar-refractivity contribution in [2.75, 3.05) is 18.4 Å². The van der Waals surface area contributed by atoms with Crippen LogP contribution in [0.25, 0.3) is 10.2 Å². The number of benzene rings is 1. The maximum Gasteiger partial charge on any atom is 0.224 e. The van der Waals surface area contributed by atoms with E-state index >= 15 is 0 Å². The molecule has 1 unspecified atom stereocenters. The van der Waals surface area contributed by atoms with Crippen molar-refractivity contribution < 1.29 is 4.79 Å². The van der Waals surface area contributed by atoms with E-state index in [1.54, 1.807) is 11.3 Å². The average Bonchev–Trinajstić information content (AvgIpc) is 3.07. The molecule has 19 heavy (non-hydrogen) atoms. The van der Waals surface area contributed by atoms with E-state index in [2.05, 4.69) is 15.6 Å². The molecule has 0 spiro atoms. The first-order valence-electron chi connectivity index (χ1n) is 6.65. The molecule has 1 atom stereocenters. The van der Waals surface area contributed by atoms with E-state index in [0.29, 0.717) is 12.3 Å². The van der Waals surface area contributed by atoms with Gasteiger partial charge in [-0.05, 0) is 50.0 Å². The summed E-state index contributed by atoms with van der Waals surface area (Å²) in [6.07, 6.45) is 2.76.